The molecule has 4 atom stereocenters. The third kappa shape index (κ3) is 3.26. The van der Waals surface area contributed by atoms with Crippen molar-refractivity contribution in [1.29, 1.82) is 0 Å². The Morgan fingerprint density at radius 2 is 2.21 bits per heavy atom. The molecule has 2 aliphatic rings. The zero-order valence-corrected chi connectivity index (χ0v) is 11.5. The van der Waals surface area contributed by atoms with E-state index in [1.54, 1.807) is 0 Å². The maximum atomic E-state index is 12.2. The third-order valence-corrected chi connectivity index (χ3v) is 4.49. The minimum Gasteiger partial charge on any atom is -0.480 e. The smallest absolute Gasteiger partial charge is 0.326 e. The molecule has 1 saturated carbocycles. The van der Waals surface area contributed by atoms with Gasteiger partial charge in [0.25, 0.3) is 0 Å². The van der Waals surface area contributed by atoms with Crippen LogP contribution in [0.5, 0.6) is 0 Å². The number of amides is 1. The van der Waals surface area contributed by atoms with E-state index in [0.29, 0.717) is 18.3 Å². The number of rotatable bonds is 6. The molecule has 1 amide bonds. The van der Waals surface area contributed by atoms with Gasteiger partial charge < -0.3 is 15.7 Å². The molecular weight excluding hydrogens is 244 g/mol. The summed E-state index contributed by atoms with van der Waals surface area (Å²) < 4.78 is 0. The highest BCUT2D eigenvalue weighted by atomic mass is 16.4. The molecule has 108 valence electrons. The van der Waals surface area contributed by atoms with Crippen LogP contribution in [-0.4, -0.2) is 35.6 Å². The Hall–Kier alpha value is -1.10. The monoisotopic (exact) mass is 268 g/mol. The van der Waals surface area contributed by atoms with Gasteiger partial charge in [0, 0.05) is 0 Å². The van der Waals surface area contributed by atoms with Gasteiger partial charge in [-0.2, -0.15) is 0 Å². The average molecular weight is 268 g/mol. The fourth-order valence-electron chi connectivity index (χ4n) is 3.40. The predicted octanol–water partition coefficient (Wildman–Crippen LogP) is 1.13. The van der Waals surface area contributed by atoms with Gasteiger partial charge in [-0.3, -0.25) is 4.79 Å². The molecule has 5 nitrogen and oxygen atoms in total. The van der Waals surface area contributed by atoms with Crippen molar-refractivity contribution in [1.82, 2.24) is 10.6 Å². The zero-order valence-electron chi connectivity index (χ0n) is 11.5. The second-order valence-corrected chi connectivity index (χ2v) is 5.78. The van der Waals surface area contributed by atoms with Crippen LogP contribution in [0.3, 0.4) is 0 Å². The molecule has 3 unspecified atom stereocenters. The quantitative estimate of drug-likeness (QED) is 0.675. The highest BCUT2D eigenvalue weighted by Gasteiger charge is 2.42. The van der Waals surface area contributed by atoms with Crippen LogP contribution in [-0.2, 0) is 9.59 Å². The van der Waals surface area contributed by atoms with E-state index in [-0.39, 0.29) is 11.9 Å². The van der Waals surface area contributed by atoms with E-state index < -0.39 is 12.0 Å². The number of fused-ring (bicyclic) bond motifs is 1. The number of carboxylic acid groups (broad SMARTS) is 1. The number of carbonyl (C=O) groups is 2. The summed E-state index contributed by atoms with van der Waals surface area (Å²) >= 11 is 0. The molecule has 0 radical (unpaired) electrons. The van der Waals surface area contributed by atoms with Crippen molar-refractivity contribution in [3.8, 4) is 0 Å². The first kappa shape index (κ1) is 14.3. The highest BCUT2D eigenvalue weighted by molar-refractivity contribution is 5.87. The van der Waals surface area contributed by atoms with Gasteiger partial charge in [0.05, 0.1) is 6.04 Å². The highest BCUT2D eigenvalue weighted by Crippen LogP contribution is 2.37. The molecule has 0 aromatic carbocycles. The van der Waals surface area contributed by atoms with Gasteiger partial charge in [0.1, 0.15) is 6.04 Å². The molecule has 0 bridgehead atoms. The molecule has 2 rings (SSSR count). The number of aliphatic carboxylic acids is 1. The number of hydrogen-bond donors (Lipinski definition) is 3. The summed E-state index contributed by atoms with van der Waals surface area (Å²) in [6, 6.07) is -0.925. The summed E-state index contributed by atoms with van der Waals surface area (Å²) in [6.07, 6.45) is 5.74. The largest absolute Gasteiger partial charge is 0.480 e. The second-order valence-electron chi connectivity index (χ2n) is 5.78. The summed E-state index contributed by atoms with van der Waals surface area (Å²) in [5.41, 5.74) is 0. The predicted molar refractivity (Wildman–Crippen MR) is 71.7 cm³/mol. The molecule has 0 aromatic heterocycles. The van der Waals surface area contributed by atoms with Crippen LogP contribution in [0, 0.1) is 11.8 Å². The van der Waals surface area contributed by atoms with Crippen LogP contribution in [0.25, 0.3) is 0 Å². The maximum absolute atomic E-state index is 12.2. The van der Waals surface area contributed by atoms with Crippen molar-refractivity contribution in [2.75, 3.05) is 6.54 Å². The molecule has 19 heavy (non-hydrogen) atoms. The second kappa shape index (κ2) is 6.37. The molecule has 2 fully saturated rings. The van der Waals surface area contributed by atoms with Crippen molar-refractivity contribution in [2.45, 2.75) is 57.5 Å². The summed E-state index contributed by atoms with van der Waals surface area (Å²) in [6.45, 7) is 2.91. The van der Waals surface area contributed by atoms with Gasteiger partial charge in [0.15, 0.2) is 0 Å². The van der Waals surface area contributed by atoms with E-state index in [2.05, 4.69) is 10.6 Å². The molecule has 0 aromatic rings. The lowest BCUT2D eigenvalue weighted by atomic mass is 9.93. The maximum Gasteiger partial charge on any atom is 0.326 e. The number of carbonyl (C=O) groups excluding carboxylic acids is 1. The lowest BCUT2D eigenvalue weighted by Gasteiger charge is -2.21. The molecule has 0 spiro atoms. The van der Waals surface area contributed by atoms with Gasteiger partial charge >= 0.3 is 5.97 Å². The van der Waals surface area contributed by atoms with Crippen molar-refractivity contribution < 1.29 is 14.7 Å². The summed E-state index contributed by atoms with van der Waals surface area (Å²) in [5, 5.41) is 15.1. The van der Waals surface area contributed by atoms with Gasteiger partial charge in [-0.05, 0) is 37.6 Å². The van der Waals surface area contributed by atoms with Crippen LogP contribution in [0.2, 0.25) is 0 Å². The Morgan fingerprint density at radius 3 is 2.89 bits per heavy atom. The van der Waals surface area contributed by atoms with Crippen molar-refractivity contribution in [2.24, 2.45) is 11.8 Å². The van der Waals surface area contributed by atoms with Gasteiger partial charge in [-0.25, -0.2) is 4.79 Å². The standard InChI is InChI=1S/C14H24N2O3/c1-2-3-7-11(14(18)19)16-13(17)12-10-6-4-5-9(10)8-15-12/h9-12,15H,2-8H2,1H3,(H,16,17)(H,18,19)/t9?,10?,11-,12?/m0/s1. The van der Waals surface area contributed by atoms with Gasteiger partial charge in [-0.1, -0.05) is 26.2 Å². The topological polar surface area (TPSA) is 78.4 Å². The molecule has 5 heteroatoms. The number of unbranched alkanes of at least 4 members (excludes halogenated alkanes) is 1. The summed E-state index contributed by atoms with van der Waals surface area (Å²) in [4.78, 5) is 23.4. The van der Waals surface area contributed by atoms with E-state index in [4.69, 9.17) is 5.11 Å². The molecule has 1 aliphatic heterocycles. The SMILES string of the molecule is CCCC[C@H](NC(=O)C1NCC2CCCC21)C(=O)O. The van der Waals surface area contributed by atoms with Crippen LogP contribution in [0.15, 0.2) is 0 Å². The Balaban J connectivity index is 1.90. The normalized spacial score (nSPS) is 30.9. The van der Waals surface area contributed by atoms with E-state index in [0.717, 1.165) is 25.8 Å². The Morgan fingerprint density at radius 1 is 1.42 bits per heavy atom. The Kier molecular flexibility index (Phi) is 4.80. The average Bonchev–Trinajstić information content (AvgIpc) is 2.95. The molecule has 3 N–H and O–H groups in total. The van der Waals surface area contributed by atoms with Gasteiger partial charge in [-0.15, -0.1) is 0 Å². The third-order valence-electron chi connectivity index (χ3n) is 4.49. The Labute approximate surface area is 114 Å². The minimum atomic E-state index is -0.928. The van der Waals surface area contributed by atoms with Crippen LogP contribution >= 0.6 is 0 Å². The first-order valence-corrected chi connectivity index (χ1v) is 7.40. The van der Waals surface area contributed by atoms with Crippen molar-refractivity contribution >= 4 is 11.9 Å². The fourth-order valence-corrected chi connectivity index (χ4v) is 3.40. The summed E-state index contributed by atoms with van der Waals surface area (Å²) in [7, 11) is 0. The van der Waals surface area contributed by atoms with Crippen LogP contribution < -0.4 is 10.6 Å². The van der Waals surface area contributed by atoms with Crippen molar-refractivity contribution in [3.63, 3.8) is 0 Å². The molecule has 1 aliphatic carbocycles. The van der Waals surface area contributed by atoms with E-state index in [1.165, 1.54) is 12.8 Å². The molecular formula is C14H24N2O3. The molecule has 1 heterocycles. The zero-order chi connectivity index (χ0) is 13.8. The van der Waals surface area contributed by atoms with Crippen molar-refractivity contribution in [3.05, 3.63) is 0 Å². The molecule has 1 saturated heterocycles. The summed E-state index contributed by atoms with van der Waals surface area (Å²) in [5.74, 6) is -0.0454. The number of hydrogen-bond acceptors (Lipinski definition) is 3. The Bertz CT molecular complexity index is 346. The first-order valence-electron chi connectivity index (χ1n) is 7.40. The fraction of sp³-hybridized carbons (Fsp3) is 0.857. The first-order chi connectivity index (χ1) is 9.13. The number of carboxylic acids is 1. The van der Waals surface area contributed by atoms with E-state index >= 15 is 0 Å². The lowest BCUT2D eigenvalue weighted by molar-refractivity contribution is -0.142. The van der Waals surface area contributed by atoms with E-state index in [9.17, 15) is 9.59 Å². The lowest BCUT2D eigenvalue weighted by Crippen LogP contribution is -2.50. The van der Waals surface area contributed by atoms with Crippen LogP contribution in [0.1, 0.15) is 45.4 Å². The number of nitrogens with one attached hydrogen (secondary N) is 2. The minimum absolute atomic E-state index is 0.127. The van der Waals surface area contributed by atoms with Gasteiger partial charge in [0.2, 0.25) is 5.91 Å². The van der Waals surface area contributed by atoms with E-state index in [1.807, 2.05) is 6.92 Å². The van der Waals surface area contributed by atoms with Crippen LogP contribution in [0.4, 0.5) is 0 Å².